The van der Waals surface area contributed by atoms with E-state index in [1.165, 1.54) is 12.2 Å². The molecule has 0 fully saturated rings. The molecule has 1 aliphatic carbocycles. The van der Waals surface area contributed by atoms with E-state index in [4.69, 9.17) is 0 Å². The van der Waals surface area contributed by atoms with E-state index in [2.05, 4.69) is 4.29 Å². The van der Waals surface area contributed by atoms with E-state index in [9.17, 15) is 14.0 Å². The van der Waals surface area contributed by atoms with Crippen molar-refractivity contribution in [2.24, 2.45) is 0 Å². The molecule has 0 heterocycles. The fourth-order valence-electron chi connectivity index (χ4n) is 0.725. The van der Waals surface area contributed by atoms with E-state index < -0.39 is 16.3 Å². The Hall–Kier alpha value is -0.650. The quantitative estimate of drug-likeness (QED) is 0.502. The lowest BCUT2D eigenvalue weighted by molar-refractivity contribution is -1.92. The van der Waals surface area contributed by atoms with Gasteiger partial charge in [0, 0.05) is 0 Å². The summed E-state index contributed by atoms with van der Waals surface area (Å²) < 4.78 is 34.5. The summed E-state index contributed by atoms with van der Waals surface area (Å²) in [6, 6.07) is 0. The maximum Gasteiger partial charge on any atom is 0.250 e. The molecule has 0 N–H and O–H groups in total. The number of hydrogen-bond donors (Lipinski definition) is 0. The molecule has 0 bridgehead atoms. The van der Waals surface area contributed by atoms with Gasteiger partial charge in [0.15, 0.2) is 0 Å². The monoisotopic (exact) mass is 190 g/mol. The highest BCUT2D eigenvalue weighted by atomic mass is 35.7. The van der Waals surface area contributed by atoms with Gasteiger partial charge >= 0.3 is 0 Å². The Bertz CT molecular complexity index is 210. The van der Waals surface area contributed by atoms with E-state index in [0.717, 1.165) is 0 Å². The molecule has 12 heavy (non-hydrogen) atoms. The topological polar surface area (TPSA) is 78.4 Å². The Morgan fingerprint density at radius 2 is 1.42 bits per heavy atom. The average Bonchev–Trinajstić information content (AvgIpc) is 2.12. The highest BCUT2D eigenvalue weighted by Crippen LogP contribution is 2.05. The van der Waals surface area contributed by atoms with E-state index in [0.29, 0.717) is 0 Å². The van der Waals surface area contributed by atoms with Crippen LogP contribution in [0, 0.1) is 10.2 Å². The van der Waals surface area contributed by atoms with Gasteiger partial charge in [-0.05, 0) is 12.2 Å². The molecule has 0 spiro atoms. The highest BCUT2D eigenvalue weighted by Gasteiger charge is 2.23. The molecule has 0 aromatic carbocycles. The summed E-state index contributed by atoms with van der Waals surface area (Å²) in [4.78, 5) is 0. The predicted molar refractivity (Wildman–Crippen MR) is 32.3 cm³/mol. The zero-order chi connectivity index (χ0) is 9.03. The zero-order valence-electron chi connectivity index (χ0n) is 6.05. The molecule has 0 radical (unpaired) electrons. The lowest BCUT2D eigenvalue weighted by Crippen LogP contribution is -2.62. The Kier molecular flexibility index (Phi) is 3.02. The minimum absolute atomic E-state index is 0.802. The molecule has 0 atom stereocenters. The van der Waals surface area contributed by atoms with Crippen LogP contribution in [0.25, 0.3) is 0 Å². The molecule has 0 aromatic heterocycles. The minimum atomic E-state index is -4.36. The summed E-state index contributed by atoms with van der Waals surface area (Å²) in [5, 5.41) is 0. The Morgan fingerprint density at radius 3 is 1.83 bits per heavy atom. The first-order valence-corrected chi connectivity index (χ1v) is 4.42. The summed E-state index contributed by atoms with van der Waals surface area (Å²) in [6.07, 6.45) is 8.73. The molecule has 1 aliphatic rings. The van der Waals surface area contributed by atoms with E-state index in [1.807, 2.05) is 0 Å². The lowest BCUT2D eigenvalue weighted by atomic mass is 10.3. The van der Waals surface area contributed by atoms with Crippen LogP contribution in [0.15, 0.2) is 36.5 Å². The van der Waals surface area contributed by atoms with Gasteiger partial charge in [-0.2, -0.15) is 14.0 Å². The number of allylic oxidation sites excluding steroid dienone is 4. The molecule has 0 aromatic rings. The van der Waals surface area contributed by atoms with Crippen molar-refractivity contribution in [1.82, 2.24) is 0 Å². The Labute approximate surface area is 71.8 Å². The smallest absolute Gasteiger partial charge is 0.183 e. The van der Waals surface area contributed by atoms with Gasteiger partial charge in [-0.3, -0.25) is 0 Å². The molecule has 0 saturated carbocycles. The van der Waals surface area contributed by atoms with Crippen molar-refractivity contribution >= 4 is 0 Å². The minimum Gasteiger partial charge on any atom is -0.183 e. The molecular formula is C7H7ClO4. The third-order valence-electron chi connectivity index (χ3n) is 1.15. The van der Waals surface area contributed by atoms with Crippen molar-refractivity contribution in [3.8, 4) is 0 Å². The summed E-state index contributed by atoms with van der Waals surface area (Å²) in [5.74, 6) is 0. The van der Waals surface area contributed by atoms with Crippen LogP contribution in [-0.4, -0.2) is 6.10 Å². The van der Waals surface area contributed by atoms with Gasteiger partial charge in [0.1, 0.15) is 0 Å². The standard InChI is InChI=1S/C7H7ClO4/c9-8(10,11)12-7-5-3-1-2-4-6-7/h1-7H. The number of rotatable bonds is 2. The molecule has 1 rings (SSSR count). The molecule has 5 heteroatoms. The second kappa shape index (κ2) is 3.84. The predicted octanol–water partition coefficient (Wildman–Crippen LogP) is -2.05. The van der Waals surface area contributed by atoms with Crippen molar-refractivity contribution < 1.29 is 28.5 Å². The molecule has 4 nitrogen and oxygen atoms in total. The van der Waals surface area contributed by atoms with Gasteiger partial charge in [0.25, 0.3) is 6.10 Å². The Balaban J connectivity index is 2.54. The van der Waals surface area contributed by atoms with Gasteiger partial charge < -0.3 is 0 Å². The fraction of sp³-hybridized carbons (Fsp3) is 0.143. The van der Waals surface area contributed by atoms with Crippen LogP contribution in [0.1, 0.15) is 0 Å². The lowest BCUT2D eigenvalue weighted by Gasteiger charge is -2.14. The van der Waals surface area contributed by atoms with Crippen LogP contribution in [0.2, 0.25) is 0 Å². The van der Waals surface area contributed by atoms with Crippen molar-refractivity contribution in [1.29, 1.82) is 0 Å². The third kappa shape index (κ3) is 3.66. The maximum atomic E-state index is 10.1. The number of hydrogen-bond acceptors (Lipinski definition) is 4. The van der Waals surface area contributed by atoms with Crippen molar-refractivity contribution in [3.63, 3.8) is 0 Å². The van der Waals surface area contributed by atoms with Gasteiger partial charge in [-0.25, -0.2) is 0 Å². The van der Waals surface area contributed by atoms with Gasteiger partial charge in [0.05, 0.1) is 14.5 Å². The van der Waals surface area contributed by atoms with Crippen molar-refractivity contribution in [2.75, 3.05) is 0 Å². The van der Waals surface area contributed by atoms with Gasteiger partial charge in [-0.1, -0.05) is 24.3 Å². The first-order valence-electron chi connectivity index (χ1n) is 3.19. The third-order valence-corrected chi connectivity index (χ3v) is 1.57. The SMILES string of the molecule is [O-][Cl+3]([O-])([O-])OC1C=CC=CC=C1. The normalized spacial score (nSPS) is 18.2. The van der Waals surface area contributed by atoms with E-state index in [1.54, 1.807) is 24.3 Å². The van der Waals surface area contributed by atoms with Crippen LogP contribution in [0.3, 0.4) is 0 Å². The van der Waals surface area contributed by atoms with E-state index in [-0.39, 0.29) is 0 Å². The summed E-state index contributed by atoms with van der Waals surface area (Å²) in [6.45, 7) is 0. The highest BCUT2D eigenvalue weighted by molar-refractivity contribution is 5.20. The van der Waals surface area contributed by atoms with Crippen LogP contribution in [0.4, 0.5) is 0 Å². The van der Waals surface area contributed by atoms with Crippen LogP contribution in [0.5, 0.6) is 0 Å². The molecule has 66 valence electrons. The summed E-state index contributed by atoms with van der Waals surface area (Å²) in [5.41, 5.74) is 0. The fourth-order valence-corrected chi connectivity index (χ4v) is 1.10. The summed E-state index contributed by atoms with van der Waals surface area (Å²) in [7, 11) is -4.36. The largest absolute Gasteiger partial charge is 0.250 e. The van der Waals surface area contributed by atoms with Crippen molar-refractivity contribution in [3.05, 3.63) is 36.5 Å². The van der Waals surface area contributed by atoms with E-state index >= 15 is 0 Å². The molecular weight excluding hydrogens is 184 g/mol. The second-order valence-electron chi connectivity index (χ2n) is 2.09. The molecule has 0 saturated heterocycles. The first-order chi connectivity index (χ1) is 5.58. The molecule has 0 aliphatic heterocycles. The zero-order valence-corrected chi connectivity index (χ0v) is 6.81. The summed E-state index contributed by atoms with van der Waals surface area (Å²) >= 11 is 0. The maximum absolute atomic E-state index is 10.1. The average molecular weight is 191 g/mol. The molecule has 0 amide bonds. The number of halogens is 1. The second-order valence-corrected chi connectivity index (χ2v) is 3.02. The first kappa shape index (κ1) is 9.44. The molecule has 0 unspecified atom stereocenters. The van der Waals surface area contributed by atoms with Crippen LogP contribution >= 0.6 is 0 Å². The van der Waals surface area contributed by atoms with Gasteiger partial charge in [0.2, 0.25) is 0 Å². The van der Waals surface area contributed by atoms with Crippen LogP contribution < -0.4 is 14.0 Å². The van der Waals surface area contributed by atoms with Crippen LogP contribution in [-0.2, 0) is 4.29 Å². The van der Waals surface area contributed by atoms with Crippen molar-refractivity contribution in [2.45, 2.75) is 6.10 Å². The van der Waals surface area contributed by atoms with Gasteiger partial charge in [-0.15, -0.1) is 0 Å². The Morgan fingerprint density at radius 1 is 0.917 bits per heavy atom.